The van der Waals surface area contributed by atoms with Crippen LogP contribution in [0.15, 0.2) is 36.9 Å². The van der Waals surface area contributed by atoms with Crippen LogP contribution in [0.2, 0.25) is 0 Å². The van der Waals surface area contributed by atoms with Crippen molar-refractivity contribution in [1.82, 2.24) is 0 Å². The van der Waals surface area contributed by atoms with Gasteiger partial charge in [0.2, 0.25) is 0 Å². The van der Waals surface area contributed by atoms with E-state index in [0.29, 0.717) is 5.19 Å². The van der Waals surface area contributed by atoms with Crippen molar-refractivity contribution in [2.24, 2.45) is 0 Å². The van der Waals surface area contributed by atoms with Gasteiger partial charge in [-0.15, -0.1) is 33.2 Å². The van der Waals surface area contributed by atoms with Crippen molar-refractivity contribution in [3.63, 3.8) is 0 Å². The standard InChI is InChI=1S/C9H7Cl3O2Si/c1-2-9(13)14-7-5-3-4-6-8(7)15(10,11)12/h2-6H,1H2. The molecule has 0 aliphatic heterocycles. The van der Waals surface area contributed by atoms with Gasteiger partial charge in [0, 0.05) is 11.3 Å². The number of benzene rings is 1. The first-order chi connectivity index (χ1) is 6.95. The number of hydrogen-bond donors (Lipinski definition) is 0. The highest BCUT2D eigenvalue weighted by Crippen LogP contribution is 2.24. The van der Waals surface area contributed by atoms with Crippen LogP contribution in [0.5, 0.6) is 5.75 Å². The summed E-state index contributed by atoms with van der Waals surface area (Å²) in [7, 11) is 0. The smallest absolute Gasteiger partial charge is 0.376 e. The minimum Gasteiger partial charge on any atom is -0.423 e. The van der Waals surface area contributed by atoms with E-state index in [1.54, 1.807) is 24.3 Å². The highest BCUT2D eigenvalue weighted by molar-refractivity contribution is 7.69. The van der Waals surface area contributed by atoms with Crippen molar-refractivity contribution < 1.29 is 9.53 Å². The van der Waals surface area contributed by atoms with Crippen molar-refractivity contribution >= 4 is 50.4 Å². The zero-order chi connectivity index (χ0) is 11.5. The molecule has 6 heteroatoms. The van der Waals surface area contributed by atoms with Gasteiger partial charge in [0.15, 0.2) is 0 Å². The van der Waals surface area contributed by atoms with E-state index in [-0.39, 0.29) is 5.75 Å². The number of hydrogen-bond acceptors (Lipinski definition) is 2. The van der Waals surface area contributed by atoms with E-state index in [1.165, 1.54) is 0 Å². The first kappa shape index (κ1) is 12.6. The number of para-hydroxylation sites is 1. The van der Waals surface area contributed by atoms with Crippen LogP contribution >= 0.6 is 33.2 Å². The van der Waals surface area contributed by atoms with Gasteiger partial charge in [-0.05, 0) is 6.07 Å². The summed E-state index contributed by atoms with van der Waals surface area (Å²) in [5.74, 6) is -0.306. The van der Waals surface area contributed by atoms with Crippen LogP contribution in [0.25, 0.3) is 0 Å². The van der Waals surface area contributed by atoms with Gasteiger partial charge in [-0.1, -0.05) is 24.8 Å². The molecular weight excluding hydrogens is 275 g/mol. The molecular formula is C9H7Cl3O2Si. The quantitative estimate of drug-likeness (QED) is 0.280. The van der Waals surface area contributed by atoms with Gasteiger partial charge < -0.3 is 4.74 Å². The Balaban J connectivity index is 3.07. The maximum Gasteiger partial charge on any atom is 0.376 e. The van der Waals surface area contributed by atoms with Crippen molar-refractivity contribution in [2.45, 2.75) is 0 Å². The molecule has 0 aliphatic rings. The Bertz CT molecular complexity index is 387. The molecule has 0 aromatic heterocycles. The van der Waals surface area contributed by atoms with Gasteiger partial charge in [-0.2, -0.15) is 0 Å². The van der Waals surface area contributed by atoms with Crippen LogP contribution in [0.1, 0.15) is 0 Å². The van der Waals surface area contributed by atoms with E-state index in [9.17, 15) is 4.79 Å². The van der Waals surface area contributed by atoms with Crippen LogP contribution in [0.4, 0.5) is 0 Å². The summed E-state index contributed by atoms with van der Waals surface area (Å²) in [6, 6.07) is 3.56. The lowest BCUT2D eigenvalue weighted by atomic mass is 10.3. The molecule has 0 atom stereocenters. The normalized spacial score (nSPS) is 10.9. The summed E-state index contributed by atoms with van der Waals surface area (Å²) >= 11 is 17.5. The topological polar surface area (TPSA) is 26.3 Å². The Morgan fingerprint density at radius 1 is 1.33 bits per heavy atom. The first-order valence-corrected chi connectivity index (χ1v) is 8.99. The Morgan fingerprint density at radius 3 is 2.47 bits per heavy atom. The molecule has 0 N–H and O–H groups in total. The lowest BCUT2D eigenvalue weighted by Gasteiger charge is -2.12. The molecule has 80 valence electrons. The molecule has 0 aliphatic carbocycles. The van der Waals surface area contributed by atoms with E-state index < -0.39 is 12.0 Å². The van der Waals surface area contributed by atoms with Crippen molar-refractivity contribution in [3.8, 4) is 5.75 Å². The van der Waals surface area contributed by atoms with Crippen molar-refractivity contribution in [2.75, 3.05) is 0 Å². The third kappa shape index (κ3) is 3.54. The second-order valence-electron chi connectivity index (χ2n) is 2.62. The maximum absolute atomic E-state index is 11.0. The molecule has 15 heavy (non-hydrogen) atoms. The minimum absolute atomic E-state index is 0.272. The largest absolute Gasteiger partial charge is 0.423 e. The molecule has 0 radical (unpaired) electrons. The van der Waals surface area contributed by atoms with Crippen LogP contribution in [0.3, 0.4) is 0 Å². The fourth-order valence-corrected chi connectivity index (χ4v) is 3.04. The number of halogens is 3. The SMILES string of the molecule is C=CC(=O)Oc1ccccc1[Si](Cl)(Cl)Cl. The highest BCUT2D eigenvalue weighted by atomic mass is 35.8. The molecule has 0 unspecified atom stereocenters. The molecule has 0 spiro atoms. The van der Waals surface area contributed by atoms with Crippen LogP contribution in [-0.2, 0) is 4.79 Å². The molecule has 1 rings (SSSR count). The molecule has 0 amide bonds. The molecule has 0 saturated heterocycles. The van der Waals surface area contributed by atoms with E-state index in [4.69, 9.17) is 38.0 Å². The summed E-state index contributed by atoms with van der Waals surface area (Å²) in [5, 5.41) is 0.449. The predicted octanol–water partition coefficient (Wildman–Crippen LogP) is 2.64. The number of carbonyl (C=O) groups excluding carboxylic acids is 1. The Labute approximate surface area is 103 Å². The second kappa shape index (κ2) is 5.03. The number of esters is 1. The lowest BCUT2D eigenvalue weighted by Crippen LogP contribution is -2.32. The van der Waals surface area contributed by atoms with Gasteiger partial charge in [0.1, 0.15) is 5.75 Å². The van der Waals surface area contributed by atoms with E-state index in [0.717, 1.165) is 6.08 Å². The molecule has 0 saturated carbocycles. The molecule has 1 aromatic carbocycles. The van der Waals surface area contributed by atoms with Crippen molar-refractivity contribution in [1.29, 1.82) is 0 Å². The monoisotopic (exact) mass is 280 g/mol. The van der Waals surface area contributed by atoms with Crippen LogP contribution in [0, 0.1) is 0 Å². The van der Waals surface area contributed by atoms with Crippen LogP contribution in [-0.4, -0.2) is 12.0 Å². The van der Waals surface area contributed by atoms with Gasteiger partial charge in [-0.25, -0.2) is 4.79 Å². The van der Waals surface area contributed by atoms with Gasteiger partial charge in [0.25, 0.3) is 0 Å². The Hall–Kier alpha value is -0.483. The molecule has 0 heterocycles. The average Bonchev–Trinajstić information content (AvgIpc) is 2.17. The zero-order valence-corrected chi connectivity index (χ0v) is 10.8. The third-order valence-electron chi connectivity index (χ3n) is 1.57. The summed E-state index contributed by atoms with van der Waals surface area (Å²) in [4.78, 5) is 11.0. The second-order valence-corrected chi connectivity index (χ2v) is 11.0. The van der Waals surface area contributed by atoms with Gasteiger partial charge in [-0.3, -0.25) is 0 Å². The summed E-state index contributed by atoms with van der Waals surface area (Å²) in [6.45, 7) is 3.29. The first-order valence-electron chi connectivity index (χ1n) is 3.95. The van der Waals surface area contributed by atoms with Crippen LogP contribution < -0.4 is 9.92 Å². The van der Waals surface area contributed by atoms with Crippen molar-refractivity contribution in [3.05, 3.63) is 36.9 Å². The average molecular weight is 282 g/mol. The zero-order valence-electron chi connectivity index (χ0n) is 7.54. The van der Waals surface area contributed by atoms with E-state index in [1.807, 2.05) is 0 Å². The number of carbonyl (C=O) groups is 1. The molecule has 2 nitrogen and oxygen atoms in total. The summed E-state index contributed by atoms with van der Waals surface area (Å²) < 4.78 is 4.95. The minimum atomic E-state index is -3.05. The fraction of sp³-hybridized carbons (Fsp3) is 0. The number of rotatable bonds is 3. The Morgan fingerprint density at radius 2 is 1.93 bits per heavy atom. The molecule has 0 bridgehead atoms. The number of ether oxygens (including phenoxy) is 1. The molecule has 0 fully saturated rings. The van der Waals surface area contributed by atoms with E-state index in [2.05, 4.69) is 6.58 Å². The summed E-state index contributed by atoms with van der Waals surface area (Å²) in [6.07, 6.45) is 1.05. The van der Waals surface area contributed by atoms with Gasteiger partial charge in [0.05, 0.1) is 0 Å². The highest BCUT2D eigenvalue weighted by Gasteiger charge is 2.31. The van der Waals surface area contributed by atoms with E-state index >= 15 is 0 Å². The lowest BCUT2D eigenvalue weighted by molar-refractivity contribution is -0.128. The summed E-state index contributed by atoms with van der Waals surface area (Å²) in [5.41, 5.74) is 0. The predicted molar refractivity (Wildman–Crippen MR) is 65.2 cm³/mol. The third-order valence-corrected chi connectivity index (χ3v) is 4.43. The van der Waals surface area contributed by atoms with Gasteiger partial charge >= 0.3 is 12.0 Å². The maximum atomic E-state index is 11.0. The Kier molecular flexibility index (Phi) is 4.22. The molecule has 1 aromatic rings. The fourth-order valence-electron chi connectivity index (χ4n) is 0.940.